The maximum absolute atomic E-state index is 12.7. The van der Waals surface area contributed by atoms with Gasteiger partial charge in [-0.2, -0.15) is 0 Å². The number of aryl methyl sites for hydroxylation is 1. The van der Waals surface area contributed by atoms with E-state index in [-0.39, 0.29) is 11.9 Å². The Labute approximate surface area is 165 Å². The lowest BCUT2D eigenvalue weighted by Gasteiger charge is -2.21. The molecule has 2 aromatic carbocycles. The number of carbonyl (C=O) groups is 2. The third kappa shape index (κ3) is 4.25. The summed E-state index contributed by atoms with van der Waals surface area (Å²) < 4.78 is 7.35. The first kappa shape index (κ1) is 19.7. The van der Waals surface area contributed by atoms with Gasteiger partial charge in [-0.25, -0.2) is 4.79 Å². The Hall–Kier alpha value is -3.08. The van der Waals surface area contributed by atoms with Crippen molar-refractivity contribution in [3.63, 3.8) is 0 Å². The lowest BCUT2D eigenvalue weighted by Crippen LogP contribution is -2.38. The van der Waals surface area contributed by atoms with Crippen LogP contribution >= 0.6 is 0 Å². The molecule has 5 heteroatoms. The van der Waals surface area contributed by atoms with E-state index in [1.165, 1.54) is 0 Å². The smallest absolute Gasteiger partial charge is 0.341 e. The number of ether oxygens (including phenoxy) is 1. The minimum atomic E-state index is -0.880. The number of nitrogens with zero attached hydrogens (tertiary/aromatic N) is 1. The van der Waals surface area contributed by atoms with Crippen LogP contribution in [0.4, 0.5) is 0 Å². The second-order valence-corrected chi connectivity index (χ2v) is 6.98. The molecule has 1 aromatic heterocycles. The molecule has 0 aliphatic rings. The number of aromatic nitrogens is 1. The predicted molar refractivity (Wildman–Crippen MR) is 110 cm³/mol. The van der Waals surface area contributed by atoms with E-state index in [9.17, 15) is 9.59 Å². The van der Waals surface area contributed by atoms with E-state index >= 15 is 0 Å². The highest BCUT2D eigenvalue weighted by Crippen LogP contribution is 2.22. The maximum atomic E-state index is 12.7. The summed E-state index contributed by atoms with van der Waals surface area (Å²) in [6.07, 6.45) is 2.61. The number of esters is 1. The molecular weight excluding hydrogens is 352 g/mol. The van der Waals surface area contributed by atoms with Crippen LogP contribution in [-0.2, 0) is 16.6 Å². The van der Waals surface area contributed by atoms with Crippen molar-refractivity contribution < 1.29 is 14.3 Å². The van der Waals surface area contributed by atoms with Crippen molar-refractivity contribution in [1.29, 1.82) is 0 Å². The Morgan fingerprint density at radius 3 is 2.46 bits per heavy atom. The number of hydrogen-bond acceptors (Lipinski definition) is 3. The van der Waals surface area contributed by atoms with E-state index in [0.717, 1.165) is 29.3 Å². The van der Waals surface area contributed by atoms with Gasteiger partial charge < -0.3 is 14.6 Å². The molecule has 146 valence electrons. The summed E-state index contributed by atoms with van der Waals surface area (Å²) in [5.41, 5.74) is 2.45. The van der Waals surface area contributed by atoms with Crippen molar-refractivity contribution in [1.82, 2.24) is 9.88 Å². The van der Waals surface area contributed by atoms with Crippen LogP contribution in [0.2, 0.25) is 0 Å². The van der Waals surface area contributed by atoms with Gasteiger partial charge in [0.15, 0.2) is 6.10 Å². The first-order chi connectivity index (χ1) is 13.5. The molecule has 0 saturated heterocycles. The summed E-state index contributed by atoms with van der Waals surface area (Å²) in [5.74, 6) is -0.790. The molecule has 0 unspecified atom stereocenters. The molecule has 0 bridgehead atoms. The largest absolute Gasteiger partial charge is 0.449 e. The van der Waals surface area contributed by atoms with Gasteiger partial charge in [-0.1, -0.05) is 61.9 Å². The number of fused-ring (bicyclic) bond motifs is 1. The van der Waals surface area contributed by atoms with Crippen molar-refractivity contribution in [3.8, 4) is 0 Å². The molecule has 28 heavy (non-hydrogen) atoms. The second-order valence-electron chi connectivity index (χ2n) is 6.98. The minimum Gasteiger partial charge on any atom is -0.449 e. The molecule has 0 saturated carbocycles. The summed E-state index contributed by atoms with van der Waals surface area (Å²) in [5, 5.41) is 3.83. The van der Waals surface area contributed by atoms with Gasteiger partial charge in [0.25, 0.3) is 5.91 Å². The van der Waals surface area contributed by atoms with Gasteiger partial charge in [0, 0.05) is 24.1 Å². The Balaban J connectivity index is 1.70. The van der Waals surface area contributed by atoms with Crippen LogP contribution in [0.25, 0.3) is 10.9 Å². The molecule has 3 rings (SSSR count). The first-order valence-electron chi connectivity index (χ1n) is 9.61. The number of carbonyl (C=O) groups excluding carboxylic acids is 2. The van der Waals surface area contributed by atoms with Gasteiger partial charge in [0.05, 0.1) is 11.6 Å². The molecule has 1 N–H and O–H groups in total. The Morgan fingerprint density at radius 2 is 1.75 bits per heavy atom. The van der Waals surface area contributed by atoms with Crippen molar-refractivity contribution in [3.05, 3.63) is 71.9 Å². The standard InChI is InChI=1S/C23H26N2O3/c1-4-10-20(17-11-6-5-7-12-17)24-22(26)16(2)28-23(27)19-15-25(3)21-14-9-8-13-18(19)21/h5-9,11-16,20H,4,10H2,1-3H3,(H,24,26)/t16-,20+/m0/s1. The third-order valence-electron chi connectivity index (χ3n) is 4.87. The van der Waals surface area contributed by atoms with Crippen LogP contribution in [0.1, 0.15) is 48.7 Å². The van der Waals surface area contributed by atoms with E-state index in [2.05, 4.69) is 12.2 Å². The van der Waals surface area contributed by atoms with E-state index in [1.807, 2.05) is 66.2 Å². The summed E-state index contributed by atoms with van der Waals surface area (Å²) in [6, 6.07) is 17.4. The molecule has 0 radical (unpaired) electrons. The molecule has 0 aliphatic carbocycles. The summed E-state index contributed by atoms with van der Waals surface area (Å²) in [6.45, 7) is 3.68. The topological polar surface area (TPSA) is 60.3 Å². The summed E-state index contributed by atoms with van der Waals surface area (Å²) in [7, 11) is 1.88. The molecule has 0 spiro atoms. The zero-order valence-electron chi connectivity index (χ0n) is 16.5. The van der Waals surface area contributed by atoms with Gasteiger partial charge in [0.2, 0.25) is 0 Å². The van der Waals surface area contributed by atoms with Crippen molar-refractivity contribution in [2.75, 3.05) is 0 Å². The predicted octanol–water partition coefficient (Wildman–Crippen LogP) is 4.38. The van der Waals surface area contributed by atoms with Gasteiger partial charge in [0.1, 0.15) is 0 Å². The monoisotopic (exact) mass is 378 g/mol. The quantitative estimate of drug-likeness (QED) is 0.621. The fraction of sp³-hybridized carbons (Fsp3) is 0.304. The minimum absolute atomic E-state index is 0.0996. The van der Waals surface area contributed by atoms with E-state index < -0.39 is 12.1 Å². The average molecular weight is 378 g/mol. The van der Waals surface area contributed by atoms with Crippen molar-refractivity contribution >= 4 is 22.8 Å². The number of benzene rings is 2. The number of nitrogens with one attached hydrogen (secondary N) is 1. The number of para-hydroxylation sites is 1. The van der Waals surface area contributed by atoms with Gasteiger partial charge in [-0.15, -0.1) is 0 Å². The van der Waals surface area contributed by atoms with Crippen molar-refractivity contribution in [2.45, 2.75) is 38.8 Å². The normalized spacial score (nSPS) is 13.1. The fourth-order valence-electron chi connectivity index (χ4n) is 3.37. The van der Waals surface area contributed by atoms with Crippen LogP contribution in [0.3, 0.4) is 0 Å². The lowest BCUT2D eigenvalue weighted by atomic mass is 10.0. The molecule has 2 atom stereocenters. The molecule has 1 amide bonds. The fourth-order valence-corrected chi connectivity index (χ4v) is 3.37. The average Bonchev–Trinajstić information content (AvgIpc) is 3.05. The Bertz CT molecular complexity index is 962. The molecule has 0 aliphatic heterocycles. The summed E-state index contributed by atoms with van der Waals surface area (Å²) in [4.78, 5) is 25.3. The van der Waals surface area contributed by atoms with Crippen molar-refractivity contribution in [2.24, 2.45) is 7.05 Å². The zero-order valence-corrected chi connectivity index (χ0v) is 16.5. The van der Waals surface area contributed by atoms with Crippen LogP contribution in [0, 0.1) is 0 Å². The highest BCUT2D eigenvalue weighted by Gasteiger charge is 2.24. The number of amides is 1. The van der Waals surface area contributed by atoms with Crippen LogP contribution < -0.4 is 5.32 Å². The molecule has 1 heterocycles. The van der Waals surface area contributed by atoms with Gasteiger partial charge >= 0.3 is 5.97 Å². The number of hydrogen-bond donors (Lipinski definition) is 1. The van der Waals surface area contributed by atoms with E-state index in [1.54, 1.807) is 13.1 Å². The molecule has 5 nitrogen and oxygen atoms in total. The summed E-state index contributed by atoms with van der Waals surface area (Å²) >= 11 is 0. The Kier molecular flexibility index (Phi) is 6.14. The van der Waals surface area contributed by atoms with Gasteiger partial charge in [-0.05, 0) is 25.0 Å². The lowest BCUT2D eigenvalue weighted by molar-refractivity contribution is -0.129. The first-order valence-corrected chi connectivity index (χ1v) is 9.61. The third-order valence-corrected chi connectivity index (χ3v) is 4.87. The molecular formula is C23H26N2O3. The highest BCUT2D eigenvalue weighted by molar-refractivity contribution is 6.05. The maximum Gasteiger partial charge on any atom is 0.341 e. The van der Waals surface area contributed by atoms with E-state index in [0.29, 0.717) is 5.56 Å². The Morgan fingerprint density at radius 1 is 1.07 bits per heavy atom. The van der Waals surface area contributed by atoms with E-state index in [4.69, 9.17) is 4.74 Å². The van der Waals surface area contributed by atoms with Crippen LogP contribution in [-0.4, -0.2) is 22.5 Å². The zero-order chi connectivity index (χ0) is 20.1. The second kappa shape index (κ2) is 8.74. The highest BCUT2D eigenvalue weighted by atomic mass is 16.5. The van der Waals surface area contributed by atoms with Gasteiger partial charge in [-0.3, -0.25) is 4.79 Å². The molecule has 3 aromatic rings. The molecule has 0 fully saturated rings. The SMILES string of the molecule is CCC[C@@H](NC(=O)[C@H](C)OC(=O)c1cn(C)c2ccccc12)c1ccccc1. The van der Waals surface area contributed by atoms with Crippen LogP contribution in [0.5, 0.6) is 0 Å². The van der Waals surface area contributed by atoms with Crippen LogP contribution in [0.15, 0.2) is 60.8 Å². The number of rotatable bonds is 7.